The number of rotatable bonds is 10. The molecule has 17 heteroatoms. The minimum atomic E-state index is -0.429. The van der Waals surface area contributed by atoms with Gasteiger partial charge in [-0.3, -0.25) is 19.6 Å². The summed E-state index contributed by atoms with van der Waals surface area (Å²) in [5.74, 6) is 0.00265. The largest absolute Gasteiger partial charge is 0.379 e. The normalized spacial score (nSPS) is 18.7. The molecular formula is C42H64BN14O2. The summed E-state index contributed by atoms with van der Waals surface area (Å²) in [6.07, 6.45) is 5.88. The molecule has 9 N–H and O–H groups in total. The van der Waals surface area contributed by atoms with E-state index >= 15 is 0 Å². The summed E-state index contributed by atoms with van der Waals surface area (Å²) in [5, 5.41) is 21.1. The Morgan fingerprint density at radius 2 is 1.24 bits per heavy atom. The number of anilines is 2. The van der Waals surface area contributed by atoms with Crippen molar-refractivity contribution in [3.05, 3.63) is 87.5 Å². The fourth-order valence-corrected chi connectivity index (χ4v) is 7.38. The molecule has 2 aliphatic heterocycles. The maximum absolute atomic E-state index is 13.6. The van der Waals surface area contributed by atoms with E-state index in [0.717, 1.165) is 149 Å². The van der Waals surface area contributed by atoms with Crippen LogP contribution in [0.1, 0.15) is 52.9 Å². The predicted octanol–water partition coefficient (Wildman–Crippen LogP) is 0.809. The number of hydrogen-bond acceptors (Lipinski definition) is 15. The zero-order valence-corrected chi connectivity index (χ0v) is 34.6. The summed E-state index contributed by atoms with van der Waals surface area (Å²) in [6.45, 7) is 17.7. The van der Waals surface area contributed by atoms with Crippen LogP contribution in [0.15, 0.2) is 59.5 Å². The van der Waals surface area contributed by atoms with Gasteiger partial charge in [0.2, 0.25) is 5.95 Å². The second kappa shape index (κ2) is 24.7. The Morgan fingerprint density at radius 1 is 0.661 bits per heavy atom. The third-order valence-electron chi connectivity index (χ3n) is 10.7. The van der Waals surface area contributed by atoms with Gasteiger partial charge >= 0.3 is 7.41 Å². The number of aromatic nitrogens is 4. The first-order chi connectivity index (χ1) is 29.0. The van der Waals surface area contributed by atoms with Crippen molar-refractivity contribution in [3.63, 3.8) is 0 Å². The monoisotopic (exact) mass is 808 g/mol. The minimum Gasteiger partial charge on any atom is -0.379 e. The topological polar surface area (TPSA) is 197 Å². The molecule has 0 amide bonds. The maximum Gasteiger partial charge on any atom is 0.305 e. The molecule has 4 heterocycles. The summed E-state index contributed by atoms with van der Waals surface area (Å²) in [6, 6.07) is 16.7. The number of nitrogen functional groups attached to an aromatic ring is 1. The van der Waals surface area contributed by atoms with Crippen molar-refractivity contribution < 1.29 is 4.79 Å². The van der Waals surface area contributed by atoms with Crippen LogP contribution in [0.5, 0.6) is 0 Å². The third-order valence-corrected chi connectivity index (χ3v) is 10.7. The van der Waals surface area contributed by atoms with E-state index in [4.69, 9.17) is 5.73 Å². The Bertz CT molecular complexity index is 1880. The van der Waals surface area contributed by atoms with Gasteiger partial charge in [0.15, 0.2) is 11.2 Å². The lowest BCUT2D eigenvalue weighted by Crippen LogP contribution is -2.42. The quantitative estimate of drug-likeness (QED) is 0.105. The first kappa shape index (κ1) is 44.2. The molecule has 0 unspecified atom stereocenters. The predicted molar refractivity (Wildman–Crippen MR) is 238 cm³/mol. The van der Waals surface area contributed by atoms with Gasteiger partial charge in [-0.1, -0.05) is 36.4 Å². The van der Waals surface area contributed by atoms with Crippen molar-refractivity contribution in [1.29, 1.82) is 0 Å². The maximum atomic E-state index is 13.6. The number of nitrogens with one attached hydrogen (secondary N) is 7. The summed E-state index contributed by atoms with van der Waals surface area (Å²) in [4.78, 5) is 48.3. The van der Waals surface area contributed by atoms with E-state index < -0.39 is 5.56 Å². The second-order valence-electron chi connectivity index (χ2n) is 15.5. The van der Waals surface area contributed by atoms with Gasteiger partial charge in [0, 0.05) is 76.7 Å². The highest BCUT2D eigenvalue weighted by molar-refractivity contribution is 6.75. The minimum absolute atomic E-state index is 0.00265. The van der Waals surface area contributed by atoms with Gasteiger partial charge in [-0.05, 0) is 101 Å². The molecule has 1 radical (unpaired) electrons. The first-order valence-electron chi connectivity index (χ1n) is 21.5. The van der Waals surface area contributed by atoms with Gasteiger partial charge in [-0.25, -0.2) is 9.97 Å². The molecule has 16 nitrogen and oxygen atoms in total. The molecule has 2 saturated heterocycles. The SMILES string of the molecule is Nc1nc2ncc(CNc3ccc(C(=O)[B]N4CCCNCCNCCCN(Cc5ccc(CN6CCCNCCNCCCNCC6)cc5)CC4)cc3)nc2c(=O)[nH]1. The molecule has 0 bridgehead atoms. The highest BCUT2D eigenvalue weighted by Crippen LogP contribution is 2.14. The number of carbonyl (C=O) groups excluding carboxylic acids is 1. The number of fused-ring (bicyclic) bond motifs is 1. The average Bonchev–Trinajstić information content (AvgIpc) is 3.24. The smallest absolute Gasteiger partial charge is 0.305 e. The van der Waals surface area contributed by atoms with Crippen molar-refractivity contribution in [2.24, 2.45) is 0 Å². The molecule has 6 rings (SSSR count). The molecule has 2 fully saturated rings. The van der Waals surface area contributed by atoms with Crippen molar-refractivity contribution in [2.75, 3.05) is 116 Å². The first-order valence-corrected chi connectivity index (χ1v) is 21.5. The molecule has 2 aromatic carbocycles. The Kier molecular flexibility index (Phi) is 18.5. The van der Waals surface area contributed by atoms with Crippen LogP contribution in [0.4, 0.5) is 11.6 Å². The number of carbonyl (C=O) groups is 1. The van der Waals surface area contributed by atoms with Crippen molar-refractivity contribution in [3.8, 4) is 0 Å². The van der Waals surface area contributed by atoms with Gasteiger partial charge in [0.05, 0.1) is 18.4 Å². The number of nitrogens with zero attached hydrogens (tertiary/aromatic N) is 6. The van der Waals surface area contributed by atoms with Gasteiger partial charge < -0.3 is 47.2 Å². The number of nitrogens with two attached hydrogens (primary N) is 1. The van der Waals surface area contributed by atoms with Crippen LogP contribution in [0.25, 0.3) is 11.2 Å². The van der Waals surface area contributed by atoms with Crippen LogP contribution in [0.2, 0.25) is 0 Å². The van der Waals surface area contributed by atoms with E-state index in [1.807, 2.05) is 24.3 Å². The molecule has 0 saturated carbocycles. The van der Waals surface area contributed by atoms with E-state index in [9.17, 15) is 9.59 Å². The molecule has 0 spiro atoms. The van der Waals surface area contributed by atoms with E-state index in [2.05, 4.69) is 90.7 Å². The highest BCUT2D eigenvalue weighted by atomic mass is 16.1. The van der Waals surface area contributed by atoms with Crippen LogP contribution in [-0.2, 0) is 19.6 Å². The summed E-state index contributed by atoms with van der Waals surface area (Å²) < 4.78 is 0. The van der Waals surface area contributed by atoms with Crippen LogP contribution in [-0.4, -0.2) is 152 Å². The number of aromatic amines is 1. The van der Waals surface area contributed by atoms with Gasteiger partial charge in [-0.2, -0.15) is 4.98 Å². The second-order valence-corrected chi connectivity index (χ2v) is 15.5. The van der Waals surface area contributed by atoms with Crippen molar-refractivity contribution in [2.45, 2.75) is 45.3 Å². The molecule has 2 aliphatic rings. The third kappa shape index (κ3) is 15.7. The highest BCUT2D eigenvalue weighted by Gasteiger charge is 2.18. The Hall–Kier alpha value is -4.33. The summed E-state index contributed by atoms with van der Waals surface area (Å²) in [7, 11) is 1.79. The molecule has 0 atom stereocenters. The number of benzene rings is 2. The molecule has 59 heavy (non-hydrogen) atoms. The molecule has 2 aromatic heterocycles. The van der Waals surface area contributed by atoms with Crippen LogP contribution in [0.3, 0.4) is 0 Å². The Balaban J connectivity index is 1.01. The van der Waals surface area contributed by atoms with Gasteiger partial charge in [0.1, 0.15) is 5.68 Å². The fourth-order valence-electron chi connectivity index (χ4n) is 7.38. The van der Waals surface area contributed by atoms with E-state index in [0.29, 0.717) is 17.8 Å². The standard InChI is InChI=1S/C42H64BN14O2/c44-42-53-40-38(41(59)54-42)52-37(30-51-40)29-50-36-11-9-35(10-12-36)39(58)43-57-25-4-17-48-21-20-47-16-3-24-56(27-28-57)32-34-7-5-33(6-8-34)31-55-23-2-15-46-19-18-45-13-1-14-49-22-26-55/h5-12,30,45-50H,1-4,13-29,31-32H2,(H3,44,51,53,54,59). The number of hydrogen-bond donors (Lipinski definition) is 8. The van der Waals surface area contributed by atoms with E-state index in [1.54, 1.807) is 13.6 Å². The molecule has 4 aromatic rings. The fraction of sp³-hybridized carbons (Fsp3) is 0.548. The summed E-state index contributed by atoms with van der Waals surface area (Å²) in [5.41, 5.74) is 10.2. The lowest BCUT2D eigenvalue weighted by molar-refractivity contribution is 0.106. The van der Waals surface area contributed by atoms with Crippen LogP contribution < -0.4 is 43.2 Å². The molecule has 317 valence electrons. The van der Waals surface area contributed by atoms with Gasteiger partial charge in [0.25, 0.3) is 5.56 Å². The Labute approximate surface area is 349 Å². The molecule has 0 aliphatic carbocycles. The van der Waals surface area contributed by atoms with E-state index in [-0.39, 0.29) is 22.8 Å². The van der Waals surface area contributed by atoms with Crippen LogP contribution >= 0.6 is 0 Å². The lowest BCUT2D eigenvalue weighted by Gasteiger charge is -2.28. The number of H-pyrrole nitrogens is 1. The Morgan fingerprint density at radius 3 is 1.88 bits per heavy atom. The van der Waals surface area contributed by atoms with Crippen molar-refractivity contribution in [1.82, 2.24) is 61.1 Å². The van der Waals surface area contributed by atoms with Crippen molar-refractivity contribution >= 4 is 35.9 Å². The van der Waals surface area contributed by atoms with E-state index in [1.165, 1.54) is 11.1 Å². The summed E-state index contributed by atoms with van der Waals surface area (Å²) >= 11 is 0. The van der Waals surface area contributed by atoms with Gasteiger partial charge in [-0.15, -0.1) is 0 Å². The zero-order valence-electron chi connectivity index (χ0n) is 34.6. The molecular weight excluding hydrogens is 743 g/mol. The van der Waals surface area contributed by atoms with Crippen LogP contribution in [0, 0.1) is 0 Å². The average molecular weight is 808 g/mol. The lowest BCUT2D eigenvalue weighted by atomic mass is 9.79. The zero-order chi connectivity index (χ0) is 40.9.